The number of thiophene rings is 1. The molecule has 2 heterocycles. The number of nitrogens with zero attached hydrogens (tertiary/aromatic N) is 2. The first-order chi connectivity index (χ1) is 12.0. The van der Waals surface area contributed by atoms with Gasteiger partial charge in [-0.1, -0.05) is 12.1 Å². The molecule has 6 heteroatoms. The summed E-state index contributed by atoms with van der Waals surface area (Å²) in [4.78, 5) is 28.3. The van der Waals surface area contributed by atoms with Crippen LogP contribution >= 0.6 is 11.3 Å². The highest BCUT2D eigenvalue weighted by molar-refractivity contribution is 7.12. The van der Waals surface area contributed by atoms with Gasteiger partial charge in [0.25, 0.3) is 0 Å². The summed E-state index contributed by atoms with van der Waals surface area (Å²) in [5.74, 6) is 0.911. The lowest BCUT2D eigenvalue weighted by atomic mass is 10.2. The second-order valence-corrected chi connectivity index (χ2v) is 6.75. The van der Waals surface area contributed by atoms with Crippen LogP contribution < -0.4 is 5.32 Å². The number of imidazole rings is 1. The summed E-state index contributed by atoms with van der Waals surface area (Å²) >= 11 is 1.38. The summed E-state index contributed by atoms with van der Waals surface area (Å²) < 4.78 is 2.01. The number of carbonyl (C=O) groups excluding carboxylic acids is 2. The SMILES string of the molecule is CC(=O)c1cc(CC(=O)NCc2ccc(-n3ccnc3C)cc2)cs1. The monoisotopic (exact) mass is 353 g/mol. The maximum Gasteiger partial charge on any atom is 0.224 e. The van der Waals surface area contributed by atoms with E-state index in [4.69, 9.17) is 0 Å². The van der Waals surface area contributed by atoms with Gasteiger partial charge in [-0.25, -0.2) is 4.98 Å². The quantitative estimate of drug-likeness (QED) is 0.692. The number of aromatic nitrogens is 2. The maximum atomic E-state index is 12.1. The van der Waals surface area contributed by atoms with Gasteiger partial charge in [-0.05, 0) is 48.6 Å². The third kappa shape index (κ3) is 4.22. The molecule has 3 rings (SSSR count). The minimum atomic E-state index is -0.0533. The smallest absolute Gasteiger partial charge is 0.224 e. The van der Waals surface area contributed by atoms with Crippen molar-refractivity contribution in [2.45, 2.75) is 26.8 Å². The van der Waals surface area contributed by atoms with Gasteiger partial charge in [0.2, 0.25) is 5.91 Å². The molecule has 1 amide bonds. The molecule has 0 spiro atoms. The molecule has 0 unspecified atom stereocenters. The molecule has 0 atom stereocenters. The van der Waals surface area contributed by atoms with Gasteiger partial charge in [-0.15, -0.1) is 11.3 Å². The van der Waals surface area contributed by atoms with E-state index in [0.717, 1.165) is 22.6 Å². The summed E-state index contributed by atoms with van der Waals surface area (Å²) in [6.07, 6.45) is 3.98. The number of hydrogen-bond acceptors (Lipinski definition) is 4. The maximum absolute atomic E-state index is 12.1. The summed E-state index contributed by atoms with van der Waals surface area (Å²) in [6, 6.07) is 9.79. The zero-order valence-corrected chi connectivity index (χ0v) is 15.0. The Kier molecular flexibility index (Phi) is 5.09. The third-order valence-electron chi connectivity index (χ3n) is 3.90. The molecule has 5 nitrogen and oxygen atoms in total. The van der Waals surface area contributed by atoms with Crippen molar-refractivity contribution < 1.29 is 9.59 Å². The summed E-state index contributed by atoms with van der Waals surface area (Å²) in [5, 5.41) is 4.77. The number of rotatable bonds is 6. The highest BCUT2D eigenvalue weighted by Crippen LogP contribution is 2.16. The summed E-state index contributed by atoms with van der Waals surface area (Å²) in [6.45, 7) is 3.96. The van der Waals surface area contributed by atoms with Crippen molar-refractivity contribution in [2.75, 3.05) is 0 Å². The van der Waals surface area contributed by atoms with Crippen LogP contribution in [0.25, 0.3) is 5.69 Å². The van der Waals surface area contributed by atoms with Crippen LogP contribution in [0, 0.1) is 6.92 Å². The fourth-order valence-corrected chi connectivity index (χ4v) is 3.34. The van der Waals surface area contributed by atoms with Crippen molar-refractivity contribution in [3.05, 3.63) is 69.9 Å². The van der Waals surface area contributed by atoms with Crippen molar-refractivity contribution in [1.82, 2.24) is 14.9 Å². The predicted molar refractivity (Wildman–Crippen MR) is 98.2 cm³/mol. The van der Waals surface area contributed by atoms with Crippen LogP contribution in [0.1, 0.15) is 33.5 Å². The molecule has 0 aliphatic carbocycles. The van der Waals surface area contributed by atoms with Gasteiger partial charge in [-0.2, -0.15) is 0 Å². The first-order valence-corrected chi connectivity index (χ1v) is 8.85. The van der Waals surface area contributed by atoms with E-state index in [-0.39, 0.29) is 18.1 Å². The van der Waals surface area contributed by atoms with Gasteiger partial charge in [0.15, 0.2) is 5.78 Å². The Bertz CT molecular complexity index is 894. The molecule has 1 aromatic carbocycles. The van der Waals surface area contributed by atoms with Gasteiger partial charge in [0.1, 0.15) is 5.82 Å². The van der Waals surface area contributed by atoms with E-state index in [1.807, 2.05) is 47.3 Å². The molecule has 0 saturated heterocycles. The third-order valence-corrected chi connectivity index (χ3v) is 4.98. The Labute approximate surface area is 150 Å². The lowest BCUT2D eigenvalue weighted by molar-refractivity contribution is -0.120. The van der Waals surface area contributed by atoms with Crippen molar-refractivity contribution >= 4 is 23.0 Å². The van der Waals surface area contributed by atoms with Gasteiger partial charge in [0, 0.05) is 24.6 Å². The zero-order valence-electron chi connectivity index (χ0n) is 14.2. The highest BCUT2D eigenvalue weighted by atomic mass is 32.1. The Morgan fingerprint density at radius 1 is 1.20 bits per heavy atom. The fourth-order valence-electron chi connectivity index (χ4n) is 2.53. The van der Waals surface area contributed by atoms with Crippen LogP contribution in [0.15, 0.2) is 48.1 Å². The standard InChI is InChI=1S/C19H19N3O2S/c1-13(23)18-9-16(12-25-18)10-19(24)21-11-15-3-5-17(6-4-15)22-8-7-20-14(22)2/h3-9,12H,10-11H2,1-2H3,(H,21,24). The molecule has 128 valence electrons. The molecule has 0 saturated carbocycles. The number of hydrogen-bond donors (Lipinski definition) is 1. The number of Topliss-reactive ketones (excluding diaryl/α,β-unsaturated/α-hetero) is 1. The number of nitrogens with one attached hydrogen (secondary N) is 1. The highest BCUT2D eigenvalue weighted by Gasteiger charge is 2.08. The Balaban J connectivity index is 1.55. The van der Waals surface area contributed by atoms with Crippen LogP contribution in [0.4, 0.5) is 0 Å². The molecule has 0 aliphatic heterocycles. The van der Waals surface area contributed by atoms with Gasteiger partial charge in [-0.3, -0.25) is 9.59 Å². The second-order valence-electron chi connectivity index (χ2n) is 5.84. The van der Waals surface area contributed by atoms with Crippen LogP contribution in [-0.2, 0) is 17.8 Å². The van der Waals surface area contributed by atoms with E-state index in [1.54, 1.807) is 12.3 Å². The molecule has 0 bridgehead atoms. The van der Waals surface area contributed by atoms with Gasteiger partial charge in [0.05, 0.1) is 11.3 Å². The number of aryl methyl sites for hydroxylation is 1. The summed E-state index contributed by atoms with van der Waals surface area (Å²) in [7, 11) is 0. The fraction of sp³-hybridized carbons (Fsp3) is 0.211. The molecule has 0 fully saturated rings. The van der Waals surface area contributed by atoms with E-state index < -0.39 is 0 Å². The van der Waals surface area contributed by atoms with E-state index in [2.05, 4.69) is 10.3 Å². The van der Waals surface area contributed by atoms with Crippen LogP contribution in [0.3, 0.4) is 0 Å². The van der Waals surface area contributed by atoms with Gasteiger partial charge < -0.3 is 9.88 Å². The topological polar surface area (TPSA) is 64.0 Å². The number of benzene rings is 1. The lowest BCUT2D eigenvalue weighted by Gasteiger charge is -2.08. The number of amides is 1. The largest absolute Gasteiger partial charge is 0.352 e. The molecule has 0 aliphatic rings. The van der Waals surface area contributed by atoms with Crippen LogP contribution in [0.2, 0.25) is 0 Å². The van der Waals surface area contributed by atoms with Crippen molar-refractivity contribution in [3.63, 3.8) is 0 Å². The molecular formula is C19H19N3O2S. The second kappa shape index (κ2) is 7.44. The van der Waals surface area contributed by atoms with Gasteiger partial charge >= 0.3 is 0 Å². The molecule has 0 radical (unpaired) electrons. The van der Waals surface area contributed by atoms with E-state index in [0.29, 0.717) is 11.4 Å². The molecule has 3 aromatic rings. The molecular weight excluding hydrogens is 334 g/mol. The zero-order chi connectivity index (χ0) is 17.8. The number of ketones is 1. The van der Waals surface area contributed by atoms with Crippen molar-refractivity contribution in [1.29, 1.82) is 0 Å². The Hall–Kier alpha value is -2.73. The molecule has 1 N–H and O–H groups in total. The van der Waals surface area contributed by atoms with E-state index in [1.165, 1.54) is 18.3 Å². The minimum absolute atomic E-state index is 0.0323. The van der Waals surface area contributed by atoms with Crippen LogP contribution in [0.5, 0.6) is 0 Å². The first-order valence-electron chi connectivity index (χ1n) is 7.97. The normalized spacial score (nSPS) is 10.6. The average Bonchev–Trinajstić information content (AvgIpc) is 3.22. The average molecular weight is 353 g/mol. The lowest BCUT2D eigenvalue weighted by Crippen LogP contribution is -2.24. The number of carbonyl (C=O) groups is 2. The Morgan fingerprint density at radius 2 is 1.96 bits per heavy atom. The van der Waals surface area contributed by atoms with Crippen molar-refractivity contribution in [2.24, 2.45) is 0 Å². The summed E-state index contributed by atoms with van der Waals surface area (Å²) in [5.41, 5.74) is 2.95. The van der Waals surface area contributed by atoms with E-state index in [9.17, 15) is 9.59 Å². The molecule has 2 aromatic heterocycles. The minimum Gasteiger partial charge on any atom is -0.352 e. The van der Waals surface area contributed by atoms with Crippen LogP contribution in [-0.4, -0.2) is 21.2 Å². The Morgan fingerprint density at radius 3 is 2.56 bits per heavy atom. The van der Waals surface area contributed by atoms with E-state index >= 15 is 0 Å². The first kappa shape index (κ1) is 17.1. The molecule has 25 heavy (non-hydrogen) atoms. The van der Waals surface area contributed by atoms with Crippen molar-refractivity contribution in [3.8, 4) is 5.69 Å². The predicted octanol–water partition coefficient (Wildman–Crippen LogP) is 3.30.